The summed E-state index contributed by atoms with van der Waals surface area (Å²) in [6, 6.07) is 13.2. The summed E-state index contributed by atoms with van der Waals surface area (Å²) in [5.74, 6) is -0.386. The van der Waals surface area contributed by atoms with E-state index in [-0.39, 0.29) is 35.4 Å². The van der Waals surface area contributed by atoms with Gasteiger partial charge < -0.3 is 5.32 Å². The lowest BCUT2D eigenvalue weighted by Gasteiger charge is -2.16. The number of nitrogens with zero attached hydrogens (tertiary/aromatic N) is 2. The first-order valence-corrected chi connectivity index (χ1v) is 12.7. The lowest BCUT2D eigenvalue weighted by atomic mass is 9.89. The van der Waals surface area contributed by atoms with Crippen LogP contribution < -0.4 is 10.0 Å². The van der Waals surface area contributed by atoms with Gasteiger partial charge in [0.1, 0.15) is 0 Å². The number of aryl methyl sites for hydroxylation is 3. The molecular weight excluding hydrogens is 452 g/mol. The lowest BCUT2D eigenvalue weighted by Crippen LogP contribution is -2.16. The number of carbonyl (C=O) groups excluding carboxylic acids is 2. The van der Waals surface area contributed by atoms with Gasteiger partial charge in [-0.25, -0.2) is 23.1 Å². The second kappa shape index (κ2) is 10.1. The Balaban J connectivity index is 1.31. The zero-order chi connectivity index (χ0) is 24.1. The molecule has 0 fully saturated rings. The Bertz CT molecular complexity index is 1320. The Labute approximate surface area is 198 Å². The van der Waals surface area contributed by atoms with Gasteiger partial charge >= 0.3 is 0 Å². The van der Waals surface area contributed by atoms with E-state index in [2.05, 4.69) is 20.0 Å². The van der Waals surface area contributed by atoms with Gasteiger partial charge in [0, 0.05) is 36.0 Å². The van der Waals surface area contributed by atoms with E-state index in [1.807, 2.05) is 18.2 Å². The van der Waals surface area contributed by atoms with Crippen molar-refractivity contribution >= 4 is 33.3 Å². The number of nitrogens with one attached hydrogen (secondary N) is 2. The molecule has 176 valence electrons. The Morgan fingerprint density at radius 2 is 1.68 bits per heavy atom. The number of anilines is 2. The molecule has 0 spiro atoms. The second-order valence-electron chi connectivity index (χ2n) is 8.31. The van der Waals surface area contributed by atoms with Crippen LogP contribution in [0.1, 0.15) is 52.9 Å². The quantitative estimate of drug-likeness (QED) is 0.471. The fraction of sp³-hybridized carbons (Fsp3) is 0.280. The number of rotatable bonds is 8. The molecule has 3 aromatic rings. The van der Waals surface area contributed by atoms with Gasteiger partial charge in [0.05, 0.1) is 4.90 Å². The van der Waals surface area contributed by atoms with Crippen molar-refractivity contribution in [3.8, 4) is 0 Å². The van der Waals surface area contributed by atoms with Gasteiger partial charge in [-0.2, -0.15) is 0 Å². The highest BCUT2D eigenvalue weighted by Gasteiger charge is 2.17. The molecule has 1 amide bonds. The van der Waals surface area contributed by atoms with E-state index in [0.29, 0.717) is 16.9 Å². The average Bonchev–Trinajstić information content (AvgIpc) is 2.82. The standard InChI is InChI=1S/C25H26N4O4S/c1-17-14-15-26-25(27-17)29-34(32,33)22-10-8-21(9-11-22)28-24(31)13-12-23(30)20-7-6-18-4-2-3-5-19(18)16-20/h6-11,14-16H,2-5,12-13H2,1H3,(H,28,31)(H,26,27,29). The second-order valence-corrected chi connectivity index (χ2v) is 10.00. The molecule has 0 radical (unpaired) electrons. The third-order valence-corrected chi connectivity index (χ3v) is 7.06. The lowest BCUT2D eigenvalue weighted by molar-refractivity contribution is -0.116. The average molecular weight is 479 g/mol. The van der Waals surface area contributed by atoms with E-state index < -0.39 is 10.0 Å². The SMILES string of the molecule is Cc1ccnc(NS(=O)(=O)c2ccc(NC(=O)CCC(=O)c3ccc4c(c3)CCCC4)cc2)n1. The maximum absolute atomic E-state index is 12.5. The molecule has 0 unspecified atom stereocenters. The van der Waals surface area contributed by atoms with Crippen LogP contribution in [0.15, 0.2) is 59.6 Å². The molecule has 0 atom stereocenters. The zero-order valence-electron chi connectivity index (χ0n) is 18.9. The van der Waals surface area contributed by atoms with Gasteiger partial charge in [-0.15, -0.1) is 0 Å². The van der Waals surface area contributed by atoms with E-state index in [0.717, 1.165) is 19.3 Å². The van der Waals surface area contributed by atoms with Crippen molar-refractivity contribution in [1.82, 2.24) is 9.97 Å². The van der Waals surface area contributed by atoms with Gasteiger partial charge in [-0.1, -0.05) is 12.1 Å². The Hall–Kier alpha value is -3.59. The number of Topliss-reactive ketones (excluding diaryl/α,β-unsaturated/α-hetero) is 1. The summed E-state index contributed by atoms with van der Waals surface area (Å²) in [5.41, 5.74) is 4.27. The molecule has 2 N–H and O–H groups in total. The number of ketones is 1. The van der Waals surface area contributed by atoms with Gasteiger partial charge in [0.2, 0.25) is 11.9 Å². The van der Waals surface area contributed by atoms with Gasteiger partial charge in [-0.3, -0.25) is 9.59 Å². The molecule has 0 saturated heterocycles. The van der Waals surface area contributed by atoms with Gasteiger partial charge in [0.25, 0.3) is 10.0 Å². The number of hydrogen-bond acceptors (Lipinski definition) is 6. The highest BCUT2D eigenvalue weighted by molar-refractivity contribution is 7.92. The molecule has 1 heterocycles. The topological polar surface area (TPSA) is 118 Å². The maximum atomic E-state index is 12.5. The highest BCUT2D eigenvalue weighted by atomic mass is 32.2. The van der Waals surface area contributed by atoms with Crippen molar-refractivity contribution in [3.63, 3.8) is 0 Å². The minimum absolute atomic E-state index is 0.0122. The van der Waals surface area contributed by atoms with Crippen LogP contribution in [0, 0.1) is 6.92 Å². The minimum atomic E-state index is -3.87. The van der Waals surface area contributed by atoms with E-state index in [1.54, 1.807) is 13.0 Å². The zero-order valence-corrected chi connectivity index (χ0v) is 19.7. The third kappa shape index (κ3) is 5.85. The minimum Gasteiger partial charge on any atom is -0.326 e. The Morgan fingerprint density at radius 3 is 2.41 bits per heavy atom. The predicted molar refractivity (Wildman–Crippen MR) is 129 cm³/mol. The number of benzene rings is 2. The van der Waals surface area contributed by atoms with Crippen LogP contribution in [0.25, 0.3) is 0 Å². The Kier molecular flexibility index (Phi) is 7.02. The summed E-state index contributed by atoms with van der Waals surface area (Å²) in [7, 11) is -3.87. The highest BCUT2D eigenvalue weighted by Crippen LogP contribution is 2.23. The third-order valence-electron chi connectivity index (χ3n) is 5.72. The summed E-state index contributed by atoms with van der Waals surface area (Å²) >= 11 is 0. The molecule has 4 rings (SSSR count). The first-order chi connectivity index (χ1) is 16.3. The van der Waals surface area contributed by atoms with Gasteiger partial charge in [-0.05, 0) is 80.1 Å². The Morgan fingerprint density at radius 1 is 0.941 bits per heavy atom. The molecular formula is C25H26N4O4S. The van der Waals surface area contributed by atoms with Crippen LogP contribution in [0.4, 0.5) is 11.6 Å². The van der Waals surface area contributed by atoms with Crippen LogP contribution >= 0.6 is 0 Å². The van der Waals surface area contributed by atoms with Crippen molar-refractivity contribution in [2.24, 2.45) is 0 Å². The van der Waals surface area contributed by atoms with E-state index in [1.165, 1.54) is 48.0 Å². The molecule has 1 aliphatic carbocycles. The monoisotopic (exact) mass is 478 g/mol. The van der Waals surface area contributed by atoms with Crippen LogP contribution in [0.3, 0.4) is 0 Å². The molecule has 9 heteroatoms. The van der Waals surface area contributed by atoms with Crippen LogP contribution in [-0.4, -0.2) is 30.1 Å². The summed E-state index contributed by atoms with van der Waals surface area (Å²) in [5, 5.41) is 2.70. The van der Waals surface area contributed by atoms with E-state index >= 15 is 0 Å². The maximum Gasteiger partial charge on any atom is 0.264 e. The van der Waals surface area contributed by atoms with Crippen molar-refractivity contribution in [1.29, 1.82) is 0 Å². The molecule has 1 aliphatic rings. The van der Waals surface area contributed by atoms with E-state index in [9.17, 15) is 18.0 Å². The molecule has 2 aromatic carbocycles. The fourth-order valence-corrected chi connectivity index (χ4v) is 4.85. The van der Waals surface area contributed by atoms with E-state index in [4.69, 9.17) is 0 Å². The van der Waals surface area contributed by atoms with Crippen molar-refractivity contribution in [2.45, 2.75) is 50.3 Å². The molecule has 0 saturated carbocycles. The van der Waals surface area contributed by atoms with Crippen LogP contribution in [-0.2, 0) is 27.7 Å². The van der Waals surface area contributed by atoms with Gasteiger partial charge in [0.15, 0.2) is 5.78 Å². The summed E-state index contributed by atoms with van der Waals surface area (Å²) in [6.07, 6.45) is 6.00. The van der Waals surface area contributed by atoms with Crippen molar-refractivity contribution in [3.05, 3.63) is 77.1 Å². The number of amides is 1. The largest absolute Gasteiger partial charge is 0.326 e. The number of carbonyl (C=O) groups is 2. The fourth-order valence-electron chi connectivity index (χ4n) is 3.90. The molecule has 34 heavy (non-hydrogen) atoms. The number of sulfonamides is 1. The summed E-state index contributed by atoms with van der Waals surface area (Å²) in [6.45, 7) is 1.73. The molecule has 0 bridgehead atoms. The summed E-state index contributed by atoms with van der Waals surface area (Å²) < 4.78 is 27.4. The first kappa shape index (κ1) is 23.6. The summed E-state index contributed by atoms with van der Waals surface area (Å²) in [4.78, 5) is 32.8. The number of fused-ring (bicyclic) bond motifs is 1. The smallest absolute Gasteiger partial charge is 0.264 e. The molecule has 1 aromatic heterocycles. The molecule has 8 nitrogen and oxygen atoms in total. The van der Waals surface area contributed by atoms with Crippen LogP contribution in [0.2, 0.25) is 0 Å². The van der Waals surface area contributed by atoms with Crippen LogP contribution in [0.5, 0.6) is 0 Å². The number of aromatic nitrogens is 2. The predicted octanol–water partition coefficient (Wildman–Crippen LogP) is 4.07. The van der Waals surface area contributed by atoms with Crippen molar-refractivity contribution in [2.75, 3.05) is 10.0 Å². The number of hydrogen-bond donors (Lipinski definition) is 2. The molecule has 0 aliphatic heterocycles. The first-order valence-electron chi connectivity index (χ1n) is 11.2. The normalized spacial score (nSPS) is 13.1. The van der Waals surface area contributed by atoms with Crippen molar-refractivity contribution < 1.29 is 18.0 Å².